The Morgan fingerprint density at radius 3 is 2.19 bits per heavy atom. The fourth-order valence-electron chi connectivity index (χ4n) is 8.79. The molecule has 5 heteroatoms. The van der Waals surface area contributed by atoms with Crippen molar-refractivity contribution in [1.82, 2.24) is 19.1 Å². The number of hydrogen-bond acceptors (Lipinski definition) is 3. The van der Waals surface area contributed by atoms with Crippen molar-refractivity contribution in [3.05, 3.63) is 163 Å². The molecule has 5 nitrogen and oxygen atoms in total. The molecular formula is C48H30N4O. The van der Waals surface area contributed by atoms with Gasteiger partial charge in [0.2, 0.25) is 5.95 Å². The van der Waals surface area contributed by atoms with E-state index in [1.807, 2.05) is 12.1 Å². The summed E-state index contributed by atoms with van der Waals surface area (Å²) in [6.07, 6.45) is 6.50. The molecule has 248 valence electrons. The smallest absolute Gasteiger partial charge is 0.236 e. The van der Waals surface area contributed by atoms with Crippen LogP contribution >= 0.6 is 0 Å². The maximum absolute atomic E-state index is 6.67. The summed E-state index contributed by atoms with van der Waals surface area (Å²) < 4.78 is 11.3. The second-order valence-electron chi connectivity index (χ2n) is 14.1. The minimum atomic E-state index is 0.640. The average Bonchev–Trinajstić information content (AvgIpc) is 3.87. The van der Waals surface area contributed by atoms with Crippen molar-refractivity contribution in [3.63, 3.8) is 0 Å². The van der Waals surface area contributed by atoms with Crippen molar-refractivity contribution in [2.75, 3.05) is 0 Å². The van der Waals surface area contributed by atoms with Crippen molar-refractivity contribution in [3.8, 4) is 22.9 Å². The van der Waals surface area contributed by atoms with Crippen LogP contribution in [0.1, 0.15) is 17.5 Å². The van der Waals surface area contributed by atoms with Crippen LogP contribution in [0.25, 0.3) is 105 Å². The predicted molar refractivity (Wildman–Crippen MR) is 218 cm³/mol. The van der Waals surface area contributed by atoms with Crippen LogP contribution in [-0.4, -0.2) is 19.1 Å². The third-order valence-corrected chi connectivity index (χ3v) is 11.2. The molecule has 1 aliphatic carbocycles. The van der Waals surface area contributed by atoms with E-state index in [9.17, 15) is 0 Å². The second kappa shape index (κ2) is 10.8. The highest BCUT2D eigenvalue weighted by molar-refractivity contribution is 6.16. The summed E-state index contributed by atoms with van der Waals surface area (Å²) in [5.74, 6) is 0.640. The number of para-hydroxylation sites is 3. The summed E-state index contributed by atoms with van der Waals surface area (Å²) in [6, 6.07) is 51.9. The molecule has 7 aromatic carbocycles. The zero-order valence-corrected chi connectivity index (χ0v) is 28.6. The number of hydrogen-bond donors (Lipinski definition) is 0. The Labute approximate surface area is 303 Å². The Kier molecular flexibility index (Phi) is 5.83. The Morgan fingerprint density at radius 2 is 1.28 bits per heavy atom. The van der Waals surface area contributed by atoms with Gasteiger partial charge in [-0.1, -0.05) is 109 Å². The Morgan fingerprint density at radius 1 is 0.547 bits per heavy atom. The number of nitrogens with zero attached hydrogens (tertiary/aromatic N) is 4. The molecule has 0 unspecified atom stereocenters. The van der Waals surface area contributed by atoms with Crippen LogP contribution in [0, 0.1) is 0 Å². The quantitative estimate of drug-likeness (QED) is 0.187. The molecular weight excluding hydrogens is 649 g/mol. The van der Waals surface area contributed by atoms with E-state index in [0.717, 1.165) is 57.3 Å². The molecule has 0 saturated heterocycles. The van der Waals surface area contributed by atoms with Crippen LogP contribution in [0.3, 0.4) is 0 Å². The van der Waals surface area contributed by atoms with E-state index in [0.29, 0.717) is 11.5 Å². The first-order chi connectivity index (χ1) is 26.3. The zero-order chi connectivity index (χ0) is 34.6. The molecule has 12 rings (SSSR count). The lowest BCUT2D eigenvalue weighted by molar-refractivity contribution is 0.666. The fraction of sp³-hybridized carbons (Fsp3) is 0.0417. The van der Waals surface area contributed by atoms with Crippen LogP contribution in [0.15, 0.2) is 156 Å². The van der Waals surface area contributed by atoms with Crippen molar-refractivity contribution >= 4 is 82.5 Å². The van der Waals surface area contributed by atoms with Gasteiger partial charge in [-0.3, -0.25) is 4.57 Å². The predicted octanol–water partition coefficient (Wildman–Crippen LogP) is 12.3. The van der Waals surface area contributed by atoms with Gasteiger partial charge in [0, 0.05) is 38.2 Å². The summed E-state index contributed by atoms with van der Waals surface area (Å²) in [5.41, 5.74) is 12.3. The Balaban J connectivity index is 1.22. The van der Waals surface area contributed by atoms with Crippen LogP contribution in [-0.2, 0) is 6.42 Å². The van der Waals surface area contributed by atoms with E-state index in [4.69, 9.17) is 14.4 Å². The highest BCUT2D eigenvalue weighted by Crippen LogP contribution is 2.42. The molecule has 0 spiro atoms. The molecule has 4 heterocycles. The molecule has 0 N–H and O–H groups in total. The van der Waals surface area contributed by atoms with Gasteiger partial charge in [0.1, 0.15) is 16.8 Å². The minimum Gasteiger partial charge on any atom is -0.452 e. The summed E-state index contributed by atoms with van der Waals surface area (Å²) in [5, 5.41) is 8.21. The van der Waals surface area contributed by atoms with Crippen molar-refractivity contribution < 1.29 is 4.42 Å². The van der Waals surface area contributed by atoms with Crippen LogP contribution in [0.5, 0.6) is 0 Å². The fourth-order valence-corrected chi connectivity index (χ4v) is 8.79. The summed E-state index contributed by atoms with van der Waals surface area (Å²) in [7, 11) is 0. The highest BCUT2D eigenvalue weighted by atomic mass is 16.3. The summed E-state index contributed by atoms with van der Waals surface area (Å²) in [6.45, 7) is 0. The molecule has 0 bridgehead atoms. The maximum atomic E-state index is 6.67. The van der Waals surface area contributed by atoms with E-state index in [2.05, 4.69) is 155 Å². The van der Waals surface area contributed by atoms with Gasteiger partial charge in [-0.25, -0.2) is 9.97 Å². The molecule has 0 amide bonds. The van der Waals surface area contributed by atoms with Gasteiger partial charge in [-0.2, -0.15) is 0 Å². The normalized spacial score (nSPS) is 13.1. The molecule has 0 saturated carbocycles. The highest BCUT2D eigenvalue weighted by Gasteiger charge is 2.24. The van der Waals surface area contributed by atoms with Gasteiger partial charge in [0.15, 0.2) is 5.58 Å². The van der Waals surface area contributed by atoms with E-state index in [1.165, 1.54) is 54.5 Å². The SMILES string of the molecule is C1=Cc2ccc3c4cc5ccccc5cc4n(-c4nc(-c5ccc6c7ccccc7n(-c7ccccc7)c6c5)c5oc6ccccc6c5n4)c3c2CC1. The molecule has 1 aliphatic rings. The van der Waals surface area contributed by atoms with Gasteiger partial charge < -0.3 is 8.98 Å². The van der Waals surface area contributed by atoms with E-state index < -0.39 is 0 Å². The molecule has 4 aromatic heterocycles. The Bertz CT molecular complexity index is 3340. The first-order valence-electron chi connectivity index (χ1n) is 18.2. The second-order valence-corrected chi connectivity index (χ2v) is 14.1. The van der Waals surface area contributed by atoms with Gasteiger partial charge in [-0.05, 0) is 83.3 Å². The molecule has 53 heavy (non-hydrogen) atoms. The number of rotatable bonds is 3. The van der Waals surface area contributed by atoms with Crippen LogP contribution in [0.4, 0.5) is 0 Å². The van der Waals surface area contributed by atoms with Crippen LogP contribution in [0.2, 0.25) is 0 Å². The monoisotopic (exact) mass is 678 g/mol. The van der Waals surface area contributed by atoms with Gasteiger partial charge in [0.05, 0.1) is 22.1 Å². The van der Waals surface area contributed by atoms with Gasteiger partial charge >= 0.3 is 0 Å². The first-order valence-corrected chi connectivity index (χ1v) is 18.2. The molecule has 0 fully saturated rings. The first kappa shape index (κ1) is 28.7. The number of aryl methyl sites for hydroxylation is 1. The molecule has 0 aliphatic heterocycles. The molecule has 0 radical (unpaired) electrons. The van der Waals surface area contributed by atoms with Gasteiger partial charge in [0.25, 0.3) is 0 Å². The van der Waals surface area contributed by atoms with E-state index in [1.54, 1.807) is 0 Å². The molecule has 0 atom stereocenters. The maximum Gasteiger partial charge on any atom is 0.236 e. The van der Waals surface area contributed by atoms with Crippen LogP contribution < -0.4 is 0 Å². The lowest BCUT2D eigenvalue weighted by atomic mass is 9.94. The van der Waals surface area contributed by atoms with Gasteiger partial charge in [-0.15, -0.1) is 0 Å². The number of aromatic nitrogens is 4. The van der Waals surface area contributed by atoms with E-state index in [-0.39, 0.29) is 0 Å². The average molecular weight is 679 g/mol. The molecule has 11 aromatic rings. The van der Waals surface area contributed by atoms with Crippen molar-refractivity contribution in [2.24, 2.45) is 0 Å². The largest absolute Gasteiger partial charge is 0.452 e. The number of allylic oxidation sites excluding steroid dienone is 1. The Hall–Kier alpha value is -6.98. The zero-order valence-electron chi connectivity index (χ0n) is 28.6. The lowest BCUT2D eigenvalue weighted by Gasteiger charge is -2.15. The lowest BCUT2D eigenvalue weighted by Crippen LogP contribution is -2.06. The van der Waals surface area contributed by atoms with Crippen molar-refractivity contribution in [1.29, 1.82) is 0 Å². The number of fused-ring (bicyclic) bond motifs is 12. The summed E-state index contributed by atoms with van der Waals surface area (Å²) in [4.78, 5) is 11.0. The minimum absolute atomic E-state index is 0.640. The number of benzene rings is 7. The standard InChI is InChI=1S/C48H30N4O/c1-2-15-33(16-3-1)51-40-20-10-8-18-35(40)36-24-23-32(28-41(36)51)44-47-45(38-19-9-11-21-43(38)53-47)50-48(49-44)52-42-27-31-14-5-4-13-30(31)26-39(42)37-25-22-29-12-6-7-17-34(29)46(37)52/h1-6,8-16,18-28H,7,17H2. The van der Waals surface area contributed by atoms with E-state index >= 15 is 0 Å². The third-order valence-electron chi connectivity index (χ3n) is 11.2. The third kappa shape index (κ3) is 4.07. The topological polar surface area (TPSA) is 48.8 Å². The summed E-state index contributed by atoms with van der Waals surface area (Å²) >= 11 is 0. The van der Waals surface area contributed by atoms with Crippen molar-refractivity contribution in [2.45, 2.75) is 12.8 Å². The number of furan rings is 1.